The van der Waals surface area contributed by atoms with E-state index < -0.39 is 6.43 Å². The first kappa shape index (κ1) is 18.5. The van der Waals surface area contributed by atoms with Crippen LogP contribution in [0.15, 0.2) is 53.1 Å². The average Bonchev–Trinajstić information content (AvgIpc) is 2.64. The summed E-state index contributed by atoms with van der Waals surface area (Å²) in [5, 5.41) is 4.07. The highest BCUT2D eigenvalue weighted by molar-refractivity contribution is 9.10. The predicted molar refractivity (Wildman–Crippen MR) is 101 cm³/mol. The van der Waals surface area contributed by atoms with E-state index in [4.69, 9.17) is 9.47 Å². The number of methoxy groups -OCH3 is 1. The SMILES string of the molecule is COCCOc1ccc(Nc2ccnc3cc(C(F)F)ccc23)c(Br)c1. The number of alkyl halides is 2. The lowest BCUT2D eigenvalue weighted by Crippen LogP contribution is -2.04. The van der Waals surface area contributed by atoms with E-state index in [0.717, 1.165) is 27.0 Å². The van der Waals surface area contributed by atoms with Gasteiger partial charge >= 0.3 is 0 Å². The summed E-state index contributed by atoms with van der Waals surface area (Å²) in [5.74, 6) is 0.723. The number of nitrogens with zero attached hydrogens (tertiary/aromatic N) is 1. The number of pyridine rings is 1. The summed E-state index contributed by atoms with van der Waals surface area (Å²) in [7, 11) is 1.62. The summed E-state index contributed by atoms with van der Waals surface area (Å²) in [5.41, 5.74) is 2.09. The maximum absolute atomic E-state index is 12.9. The minimum absolute atomic E-state index is 0.0408. The lowest BCUT2D eigenvalue weighted by molar-refractivity contribution is 0.146. The number of hydrogen-bond acceptors (Lipinski definition) is 4. The molecule has 136 valence electrons. The molecule has 0 aliphatic rings. The van der Waals surface area contributed by atoms with Crippen LogP contribution in [0.5, 0.6) is 5.75 Å². The largest absolute Gasteiger partial charge is 0.491 e. The first-order valence-electron chi connectivity index (χ1n) is 7.93. The van der Waals surface area contributed by atoms with Gasteiger partial charge in [-0.2, -0.15) is 0 Å². The van der Waals surface area contributed by atoms with Gasteiger partial charge in [-0.3, -0.25) is 4.98 Å². The Bertz CT molecular complexity index is 906. The Labute approximate surface area is 158 Å². The first-order chi connectivity index (χ1) is 12.6. The van der Waals surface area contributed by atoms with Crippen LogP contribution in [-0.4, -0.2) is 25.3 Å². The van der Waals surface area contributed by atoms with Crippen molar-refractivity contribution in [2.45, 2.75) is 6.43 Å². The number of nitrogens with one attached hydrogen (secondary N) is 1. The summed E-state index contributed by atoms with van der Waals surface area (Å²) in [6.07, 6.45) is -0.923. The van der Waals surface area contributed by atoms with Crippen molar-refractivity contribution in [2.75, 3.05) is 25.6 Å². The van der Waals surface area contributed by atoms with E-state index in [1.165, 1.54) is 12.1 Å². The monoisotopic (exact) mass is 422 g/mol. The van der Waals surface area contributed by atoms with E-state index in [9.17, 15) is 8.78 Å². The van der Waals surface area contributed by atoms with Crippen molar-refractivity contribution < 1.29 is 18.3 Å². The summed E-state index contributed by atoms with van der Waals surface area (Å²) < 4.78 is 37.1. The first-order valence-corrected chi connectivity index (χ1v) is 8.73. The molecule has 0 unspecified atom stereocenters. The number of rotatable bonds is 7. The van der Waals surface area contributed by atoms with Gasteiger partial charge in [-0.15, -0.1) is 0 Å². The van der Waals surface area contributed by atoms with Gasteiger partial charge in [0.15, 0.2) is 0 Å². The number of fused-ring (bicyclic) bond motifs is 1. The molecule has 26 heavy (non-hydrogen) atoms. The molecule has 1 heterocycles. The Morgan fingerprint density at radius 3 is 2.65 bits per heavy atom. The predicted octanol–water partition coefficient (Wildman–Crippen LogP) is 5.70. The summed E-state index contributed by atoms with van der Waals surface area (Å²) in [6, 6.07) is 11.9. The van der Waals surface area contributed by atoms with Gasteiger partial charge in [-0.25, -0.2) is 8.78 Å². The molecule has 0 saturated heterocycles. The van der Waals surface area contributed by atoms with Gasteiger partial charge in [-0.1, -0.05) is 12.1 Å². The zero-order chi connectivity index (χ0) is 18.5. The molecule has 0 amide bonds. The molecule has 0 spiro atoms. The van der Waals surface area contributed by atoms with Crippen LogP contribution in [0.2, 0.25) is 0 Å². The van der Waals surface area contributed by atoms with Gasteiger partial charge in [0, 0.05) is 34.4 Å². The summed E-state index contributed by atoms with van der Waals surface area (Å²) in [6.45, 7) is 0.985. The second-order valence-corrected chi connectivity index (χ2v) is 6.40. The Kier molecular flexibility index (Phi) is 6.00. The van der Waals surface area contributed by atoms with Crippen molar-refractivity contribution in [3.8, 4) is 5.75 Å². The van der Waals surface area contributed by atoms with Crippen LogP contribution >= 0.6 is 15.9 Å². The van der Waals surface area contributed by atoms with Gasteiger partial charge in [0.05, 0.1) is 17.8 Å². The fourth-order valence-electron chi connectivity index (χ4n) is 2.48. The Morgan fingerprint density at radius 2 is 1.92 bits per heavy atom. The van der Waals surface area contributed by atoms with Crippen molar-refractivity contribution >= 4 is 38.2 Å². The quantitative estimate of drug-likeness (QED) is 0.495. The van der Waals surface area contributed by atoms with Crippen LogP contribution in [0.4, 0.5) is 20.2 Å². The smallest absolute Gasteiger partial charge is 0.263 e. The zero-order valence-electron chi connectivity index (χ0n) is 14.0. The molecule has 0 bridgehead atoms. The minimum Gasteiger partial charge on any atom is -0.491 e. The van der Waals surface area contributed by atoms with Gasteiger partial charge in [0.2, 0.25) is 0 Å². The second kappa shape index (κ2) is 8.42. The fraction of sp³-hybridized carbons (Fsp3) is 0.211. The maximum atomic E-state index is 12.9. The molecule has 7 heteroatoms. The topological polar surface area (TPSA) is 43.4 Å². The van der Waals surface area contributed by atoms with Crippen LogP contribution in [0.1, 0.15) is 12.0 Å². The van der Waals surface area contributed by atoms with Crippen molar-refractivity contribution in [1.82, 2.24) is 4.98 Å². The lowest BCUT2D eigenvalue weighted by atomic mass is 10.1. The van der Waals surface area contributed by atoms with E-state index in [0.29, 0.717) is 18.7 Å². The Balaban J connectivity index is 1.84. The number of aromatic nitrogens is 1. The molecular weight excluding hydrogens is 406 g/mol. The Morgan fingerprint density at radius 1 is 1.08 bits per heavy atom. The van der Waals surface area contributed by atoms with Crippen LogP contribution in [0.3, 0.4) is 0 Å². The zero-order valence-corrected chi connectivity index (χ0v) is 15.6. The van der Waals surface area contributed by atoms with Gasteiger partial charge in [0.25, 0.3) is 6.43 Å². The highest BCUT2D eigenvalue weighted by atomic mass is 79.9. The van der Waals surface area contributed by atoms with Gasteiger partial charge in [-0.05, 0) is 46.3 Å². The fourth-order valence-corrected chi connectivity index (χ4v) is 2.94. The molecule has 1 N–H and O–H groups in total. The molecule has 0 aliphatic carbocycles. The third kappa shape index (κ3) is 4.28. The van der Waals surface area contributed by atoms with Crippen LogP contribution in [0.25, 0.3) is 10.9 Å². The van der Waals surface area contributed by atoms with Crippen LogP contribution < -0.4 is 10.1 Å². The number of ether oxygens (including phenoxy) is 2. The van der Waals surface area contributed by atoms with E-state index >= 15 is 0 Å². The molecule has 4 nitrogen and oxygen atoms in total. The number of anilines is 2. The van der Waals surface area contributed by atoms with E-state index in [1.807, 2.05) is 18.2 Å². The number of hydrogen-bond donors (Lipinski definition) is 1. The molecular formula is C19H17BrF2N2O2. The third-order valence-corrected chi connectivity index (χ3v) is 4.44. The van der Waals surface area contributed by atoms with Crippen molar-refractivity contribution in [1.29, 1.82) is 0 Å². The maximum Gasteiger partial charge on any atom is 0.263 e. The lowest BCUT2D eigenvalue weighted by Gasteiger charge is -2.13. The second-order valence-electron chi connectivity index (χ2n) is 5.54. The molecule has 0 aliphatic heterocycles. The summed E-state index contributed by atoms with van der Waals surface area (Å²) in [4.78, 5) is 4.19. The van der Waals surface area contributed by atoms with Gasteiger partial charge < -0.3 is 14.8 Å². The normalized spacial score (nSPS) is 11.1. The highest BCUT2D eigenvalue weighted by Gasteiger charge is 2.11. The molecule has 0 atom stereocenters. The van der Waals surface area contributed by atoms with Crippen LogP contribution in [0, 0.1) is 0 Å². The van der Waals surface area contributed by atoms with Gasteiger partial charge in [0.1, 0.15) is 12.4 Å². The van der Waals surface area contributed by atoms with E-state index in [2.05, 4.69) is 26.2 Å². The standard InChI is InChI=1S/C19H17BrF2N2O2/c1-25-8-9-26-13-3-5-17(15(20)11-13)24-16-6-7-23-18-10-12(19(21)22)2-4-14(16)18/h2-7,10-11,19H,8-9H2,1H3,(H,23,24). The molecule has 0 radical (unpaired) electrons. The van der Waals surface area contributed by atoms with Crippen LogP contribution in [-0.2, 0) is 4.74 Å². The number of halogens is 3. The molecule has 0 saturated carbocycles. The third-order valence-electron chi connectivity index (χ3n) is 3.78. The molecule has 1 aromatic heterocycles. The molecule has 0 fully saturated rings. The average molecular weight is 423 g/mol. The molecule has 3 aromatic rings. The van der Waals surface area contributed by atoms with Crippen molar-refractivity contribution in [3.63, 3.8) is 0 Å². The Hall–Kier alpha value is -2.25. The highest BCUT2D eigenvalue weighted by Crippen LogP contribution is 2.33. The van der Waals surface area contributed by atoms with E-state index in [1.54, 1.807) is 25.4 Å². The molecule has 3 rings (SSSR count). The minimum atomic E-state index is -2.52. The summed E-state index contributed by atoms with van der Waals surface area (Å²) >= 11 is 3.52. The number of benzene rings is 2. The van der Waals surface area contributed by atoms with Crippen molar-refractivity contribution in [2.24, 2.45) is 0 Å². The van der Waals surface area contributed by atoms with Crippen molar-refractivity contribution in [3.05, 3.63) is 58.7 Å². The van der Waals surface area contributed by atoms with E-state index in [-0.39, 0.29) is 5.56 Å². The molecule has 2 aromatic carbocycles.